The van der Waals surface area contributed by atoms with Crippen LogP contribution in [0.15, 0.2) is 11.6 Å². The number of rotatable bonds is 1. The van der Waals surface area contributed by atoms with Gasteiger partial charge in [0.05, 0.1) is 0 Å². The first kappa shape index (κ1) is 7.35. The van der Waals surface area contributed by atoms with Crippen molar-refractivity contribution in [3.8, 4) is 0 Å². The second-order valence-electron chi connectivity index (χ2n) is 3.77. The summed E-state index contributed by atoms with van der Waals surface area (Å²) in [7, 11) is 0. The van der Waals surface area contributed by atoms with Gasteiger partial charge in [-0.3, -0.25) is 0 Å². The van der Waals surface area contributed by atoms with Crippen molar-refractivity contribution in [2.75, 3.05) is 13.1 Å². The van der Waals surface area contributed by atoms with Crippen LogP contribution in [0.4, 0.5) is 0 Å². The van der Waals surface area contributed by atoms with E-state index in [4.69, 9.17) is 0 Å². The van der Waals surface area contributed by atoms with Gasteiger partial charge >= 0.3 is 0 Å². The zero-order valence-corrected chi connectivity index (χ0v) is 7.10. The van der Waals surface area contributed by atoms with E-state index in [0.717, 1.165) is 5.92 Å². The summed E-state index contributed by atoms with van der Waals surface area (Å²) >= 11 is 0. The molecule has 0 unspecified atom stereocenters. The molecule has 0 bridgehead atoms. The van der Waals surface area contributed by atoms with Crippen LogP contribution < -0.4 is 5.32 Å². The van der Waals surface area contributed by atoms with Gasteiger partial charge in [0.15, 0.2) is 0 Å². The molecule has 62 valence electrons. The molecule has 1 saturated heterocycles. The quantitative estimate of drug-likeness (QED) is 0.566. The summed E-state index contributed by atoms with van der Waals surface area (Å²) < 4.78 is 0. The number of piperidine rings is 1. The van der Waals surface area contributed by atoms with E-state index in [1.165, 1.54) is 45.2 Å². The van der Waals surface area contributed by atoms with Crippen LogP contribution in [-0.2, 0) is 0 Å². The fraction of sp³-hybridized carbons (Fsp3) is 0.800. The lowest BCUT2D eigenvalue weighted by Crippen LogP contribution is -2.27. The van der Waals surface area contributed by atoms with E-state index in [2.05, 4.69) is 11.4 Å². The van der Waals surface area contributed by atoms with Crippen LogP contribution in [0.1, 0.15) is 32.1 Å². The molecular weight excluding hydrogens is 134 g/mol. The van der Waals surface area contributed by atoms with Crippen molar-refractivity contribution in [1.82, 2.24) is 5.32 Å². The smallest absolute Gasteiger partial charge is 0.00433 e. The van der Waals surface area contributed by atoms with Gasteiger partial charge in [-0.15, -0.1) is 0 Å². The minimum Gasteiger partial charge on any atom is -0.317 e. The molecule has 1 aliphatic carbocycles. The predicted molar refractivity (Wildman–Crippen MR) is 47.5 cm³/mol. The van der Waals surface area contributed by atoms with Gasteiger partial charge in [-0.2, -0.15) is 0 Å². The molecule has 1 saturated carbocycles. The first-order chi connectivity index (χ1) is 5.45. The summed E-state index contributed by atoms with van der Waals surface area (Å²) in [4.78, 5) is 0. The lowest BCUT2D eigenvalue weighted by Gasteiger charge is -2.23. The highest BCUT2D eigenvalue weighted by molar-refractivity contribution is 5.11. The normalized spacial score (nSPS) is 26.4. The molecule has 0 aromatic heterocycles. The van der Waals surface area contributed by atoms with Crippen molar-refractivity contribution in [1.29, 1.82) is 0 Å². The van der Waals surface area contributed by atoms with Gasteiger partial charge in [-0.25, -0.2) is 0 Å². The van der Waals surface area contributed by atoms with E-state index in [-0.39, 0.29) is 0 Å². The summed E-state index contributed by atoms with van der Waals surface area (Å²) in [5.74, 6) is 0.909. The van der Waals surface area contributed by atoms with Crippen molar-refractivity contribution in [2.24, 2.45) is 5.92 Å². The van der Waals surface area contributed by atoms with Crippen molar-refractivity contribution in [3.63, 3.8) is 0 Å². The molecule has 1 nitrogen and oxygen atoms in total. The second kappa shape index (κ2) is 3.40. The Bertz CT molecular complexity index is 148. The van der Waals surface area contributed by atoms with E-state index < -0.39 is 0 Å². The Morgan fingerprint density at radius 2 is 1.91 bits per heavy atom. The molecular formula is C10H17N. The van der Waals surface area contributed by atoms with Gasteiger partial charge in [0.2, 0.25) is 0 Å². The number of hydrogen-bond acceptors (Lipinski definition) is 1. The van der Waals surface area contributed by atoms with Crippen LogP contribution in [0.25, 0.3) is 0 Å². The number of hydrogen-bond donors (Lipinski definition) is 1. The van der Waals surface area contributed by atoms with E-state index >= 15 is 0 Å². The highest BCUT2D eigenvalue weighted by Crippen LogP contribution is 2.28. The van der Waals surface area contributed by atoms with Gasteiger partial charge in [-0.05, 0) is 51.1 Å². The second-order valence-corrected chi connectivity index (χ2v) is 3.77. The van der Waals surface area contributed by atoms with Crippen molar-refractivity contribution >= 4 is 0 Å². The van der Waals surface area contributed by atoms with Gasteiger partial charge in [0.25, 0.3) is 0 Å². The molecule has 1 heterocycles. The zero-order chi connectivity index (χ0) is 7.52. The van der Waals surface area contributed by atoms with Gasteiger partial charge < -0.3 is 5.32 Å². The fourth-order valence-corrected chi connectivity index (χ4v) is 1.89. The van der Waals surface area contributed by atoms with Crippen LogP contribution in [0, 0.1) is 5.92 Å². The monoisotopic (exact) mass is 151 g/mol. The largest absolute Gasteiger partial charge is 0.317 e. The average molecular weight is 151 g/mol. The molecule has 0 aromatic carbocycles. The maximum atomic E-state index is 3.39. The van der Waals surface area contributed by atoms with Crippen LogP contribution in [0.5, 0.6) is 0 Å². The molecule has 2 aliphatic rings. The third-order valence-corrected chi connectivity index (χ3v) is 2.85. The zero-order valence-electron chi connectivity index (χ0n) is 7.10. The van der Waals surface area contributed by atoms with Crippen LogP contribution in [0.2, 0.25) is 0 Å². The number of allylic oxidation sites excluding steroid dienone is 2. The molecule has 2 fully saturated rings. The van der Waals surface area contributed by atoms with Gasteiger partial charge in [-0.1, -0.05) is 11.6 Å². The number of nitrogens with one attached hydrogen (secondary N) is 1. The Balaban J connectivity index is 1.83. The highest BCUT2D eigenvalue weighted by atomic mass is 14.9. The molecule has 0 radical (unpaired) electrons. The third-order valence-electron chi connectivity index (χ3n) is 2.85. The summed E-state index contributed by atoms with van der Waals surface area (Å²) in [5, 5.41) is 3.39. The molecule has 0 atom stereocenters. The van der Waals surface area contributed by atoms with E-state index in [0.29, 0.717) is 0 Å². The standard InChI is InChI=1S/C10H17N/c1-2-9(3-1)8-10-4-6-11-7-5-10/h8,10-11H,1-7H2. The summed E-state index contributed by atoms with van der Waals surface area (Å²) in [6.07, 6.45) is 9.50. The van der Waals surface area contributed by atoms with Crippen LogP contribution in [-0.4, -0.2) is 13.1 Å². The van der Waals surface area contributed by atoms with Crippen molar-refractivity contribution in [3.05, 3.63) is 11.6 Å². The fourth-order valence-electron chi connectivity index (χ4n) is 1.89. The van der Waals surface area contributed by atoms with E-state index in [1.54, 1.807) is 5.57 Å². The topological polar surface area (TPSA) is 12.0 Å². The summed E-state index contributed by atoms with van der Waals surface area (Å²) in [6, 6.07) is 0. The third kappa shape index (κ3) is 1.84. The van der Waals surface area contributed by atoms with Crippen LogP contribution >= 0.6 is 0 Å². The van der Waals surface area contributed by atoms with Crippen molar-refractivity contribution < 1.29 is 0 Å². The molecule has 0 amide bonds. The van der Waals surface area contributed by atoms with Gasteiger partial charge in [0, 0.05) is 0 Å². The first-order valence-electron chi connectivity index (χ1n) is 4.85. The Kier molecular flexibility index (Phi) is 2.27. The molecule has 1 N–H and O–H groups in total. The first-order valence-corrected chi connectivity index (χ1v) is 4.85. The molecule has 0 aromatic rings. The van der Waals surface area contributed by atoms with E-state index in [9.17, 15) is 0 Å². The minimum atomic E-state index is 0.909. The molecule has 1 aliphatic heterocycles. The average Bonchev–Trinajstić information content (AvgIpc) is 1.99. The Morgan fingerprint density at radius 1 is 1.18 bits per heavy atom. The predicted octanol–water partition coefficient (Wildman–Crippen LogP) is 2.10. The lowest BCUT2D eigenvalue weighted by atomic mass is 9.86. The lowest BCUT2D eigenvalue weighted by molar-refractivity contribution is 0.430. The van der Waals surface area contributed by atoms with E-state index in [1.807, 2.05) is 0 Å². The Labute approximate surface area is 68.9 Å². The Hall–Kier alpha value is -0.300. The van der Waals surface area contributed by atoms with Crippen LogP contribution in [0.3, 0.4) is 0 Å². The SMILES string of the molecule is C(=C1CCC1)C1CCNCC1. The molecule has 2 rings (SSSR count). The maximum Gasteiger partial charge on any atom is -0.00433 e. The van der Waals surface area contributed by atoms with Crippen molar-refractivity contribution in [2.45, 2.75) is 32.1 Å². The summed E-state index contributed by atoms with van der Waals surface area (Å²) in [6.45, 7) is 2.46. The minimum absolute atomic E-state index is 0.909. The van der Waals surface area contributed by atoms with Gasteiger partial charge in [0.1, 0.15) is 0 Å². The Morgan fingerprint density at radius 3 is 2.45 bits per heavy atom. The molecule has 11 heavy (non-hydrogen) atoms. The molecule has 1 heteroatoms. The molecule has 0 spiro atoms. The summed E-state index contributed by atoms with van der Waals surface area (Å²) in [5.41, 5.74) is 1.73. The maximum absolute atomic E-state index is 3.39. The highest BCUT2D eigenvalue weighted by Gasteiger charge is 2.14.